The van der Waals surface area contributed by atoms with Gasteiger partial charge in [0, 0.05) is 11.4 Å². The lowest BCUT2D eigenvalue weighted by Crippen LogP contribution is -2.32. The van der Waals surface area contributed by atoms with Crippen LogP contribution >= 0.6 is 0 Å². The van der Waals surface area contributed by atoms with Gasteiger partial charge in [-0.25, -0.2) is 0 Å². The molecule has 6 heteroatoms. The maximum Gasteiger partial charge on any atom is 0.246 e. The van der Waals surface area contributed by atoms with Crippen LogP contribution in [0.3, 0.4) is 0 Å². The van der Waals surface area contributed by atoms with Crippen LogP contribution in [0.4, 0.5) is 11.4 Å². The fourth-order valence-corrected chi connectivity index (χ4v) is 3.05. The van der Waals surface area contributed by atoms with Crippen LogP contribution < -0.4 is 10.6 Å². The molecule has 0 aliphatic heterocycles. The minimum Gasteiger partial charge on any atom is -0.325 e. The van der Waals surface area contributed by atoms with Crippen LogP contribution in [0.25, 0.3) is 0 Å². The number of hydrogen-bond donors (Lipinski definition) is 2. The Balaban J connectivity index is 2.21. The SMILES string of the molecule is Cc1cccc(C(C(=O)Nc2cc(NC(=O)CN(C)C)ccc2C)N(C)C)c1. The van der Waals surface area contributed by atoms with E-state index in [2.05, 4.69) is 10.6 Å². The minimum absolute atomic E-state index is 0.0999. The third-order valence-corrected chi connectivity index (χ3v) is 4.36. The molecule has 0 fully saturated rings. The Morgan fingerprint density at radius 3 is 2.29 bits per heavy atom. The summed E-state index contributed by atoms with van der Waals surface area (Å²) in [6.07, 6.45) is 0. The second kappa shape index (κ2) is 9.48. The van der Waals surface area contributed by atoms with E-state index < -0.39 is 6.04 Å². The number of aryl methyl sites for hydroxylation is 2. The molecule has 2 amide bonds. The van der Waals surface area contributed by atoms with Crippen molar-refractivity contribution in [3.63, 3.8) is 0 Å². The van der Waals surface area contributed by atoms with Gasteiger partial charge in [-0.05, 0) is 65.3 Å². The van der Waals surface area contributed by atoms with Crippen LogP contribution in [0.2, 0.25) is 0 Å². The van der Waals surface area contributed by atoms with Gasteiger partial charge in [0.25, 0.3) is 0 Å². The van der Waals surface area contributed by atoms with Gasteiger partial charge in [-0.1, -0.05) is 35.9 Å². The molecule has 28 heavy (non-hydrogen) atoms. The highest BCUT2D eigenvalue weighted by Crippen LogP contribution is 2.25. The van der Waals surface area contributed by atoms with Crippen molar-refractivity contribution in [3.05, 3.63) is 59.2 Å². The number of benzene rings is 2. The van der Waals surface area contributed by atoms with Gasteiger partial charge in [-0.15, -0.1) is 0 Å². The number of nitrogens with one attached hydrogen (secondary N) is 2. The number of nitrogens with zero attached hydrogens (tertiary/aromatic N) is 2. The van der Waals surface area contributed by atoms with E-state index in [0.29, 0.717) is 17.9 Å². The molecule has 2 N–H and O–H groups in total. The Morgan fingerprint density at radius 1 is 0.964 bits per heavy atom. The average Bonchev–Trinajstić information content (AvgIpc) is 2.57. The van der Waals surface area contributed by atoms with E-state index in [4.69, 9.17) is 0 Å². The molecular formula is C22H30N4O2. The predicted octanol–water partition coefficient (Wildman–Crippen LogP) is 3.04. The number of carbonyl (C=O) groups is 2. The molecule has 0 aliphatic rings. The Hall–Kier alpha value is -2.70. The minimum atomic E-state index is -0.411. The summed E-state index contributed by atoms with van der Waals surface area (Å²) in [6.45, 7) is 4.24. The van der Waals surface area contributed by atoms with Crippen molar-refractivity contribution in [1.29, 1.82) is 0 Å². The molecule has 2 rings (SSSR count). The van der Waals surface area contributed by atoms with Crippen LogP contribution in [-0.2, 0) is 9.59 Å². The standard InChI is InChI=1S/C22H30N4O2/c1-15-8-7-9-17(12-15)21(26(5)6)22(28)24-19-13-18(11-10-16(19)2)23-20(27)14-25(3)4/h7-13,21H,14H2,1-6H3,(H,23,27)(H,24,28). The molecule has 0 saturated carbocycles. The van der Waals surface area contributed by atoms with Crippen molar-refractivity contribution in [3.8, 4) is 0 Å². The molecule has 1 unspecified atom stereocenters. The first-order valence-electron chi connectivity index (χ1n) is 9.26. The maximum absolute atomic E-state index is 13.1. The van der Waals surface area contributed by atoms with Gasteiger partial charge in [0.05, 0.1) is 6.54 Å². The molecule has 0 radical (unpaired) electrons. The van der Waals surface area contributed by atoms with Gasteiger partial charge < -0.3 is 15.5 Å². The summed E-state index contributed by atoms with van der Waals surface area (Å²) < 4.78 is 0. The van der Waals surface area contributed by atoms with Crippen molar-refractivity contribution in [2.24, 2.45) is 0 Å². The van der Waals surface area contributed by atoms with Gasteiger partial charge in [0.1, 0.15) is 6.04 Å². The molecule has 1 atom stereocenters. The zero-order chi connectivity index (χ0) is 20.8. The third kappa shape index (κ3) is 5.90. The fraction of sp³-hybridized carbons (Fsp3) is 0.364. The number of likely N-dealkylation sites (N-methyl/N-ethyl adjacent to an activating group) is 2. The average molecular weight is 383 g/mol. The van der Waals surface area contributed by atoms with Crippen molar-refractivity contribution in [1.82, 2.24) is 9.80 Å². The summed E-state index contributed by atoms with van der Waals surface area (Å²) >= 11 is 0. The number of anilines is 2. The Kier molecular flexibility index (Phi) is 7.31. The topological polar surface area (TPSA) is 64.7 Å². The van der Waals surface area contributed by atoms with E-state index in [-0.39, 0.29) is 11.8 Å². The van der Waals surface area contributed by atoms with Crippen LogP contribution in [0.5, 0.6) is 0 Å². The summed E-state index contributed by atoms with van der Waals surface area (Å²) in [4.78, 5) is 28.8. The van der Waals surface area contributed by atoms with Crippen LogP contribution in [0.1, 0.15) is 22.7 Å². The van der Waals surface area contributed by atoms with E-state index in [9.17, 15) is 9.59 Å². The molecule has 0 saturated heterocycles. The van der Waals surface area contributed by atoms with Gasteiger partial charge in [0.2, 0.25) is 11.8 Å². The normalized spacial score (nSPS) is 12.1. The van der Waals surface area contributed by atoms with E-state index in [1.165, 1.54) is 0 Å². The Bertz CT molecular complexity index is 846. The van der Waals surface area contributed by atoms with Crippen molar-refractivity contribution < 1.29 is 9.59 Å². The highest BCUT2D eigenvalue weighted by molar-refractivity contribution is 5.98. The zero-order valence-corrected chi connectivity index (χ0v) is 17.5. The maximum atomic E-state index is 13.1. The second-order valence-electron chi connectivity index (χ2n) is 7.59. The summed E-state index contributed by atoms with van der Waals surface area (Å²) in [5.74, 6) is -0.215. The van der Waals surface area contributed by atoms with Gasteiger partial charge in [-0.3, -0.25) is 14.5 Å². The zero-order valence-electron chi connectivity index (χ0n) is 17.5. The molecule has 6 nitrogen and oxygen atoms in total. The third-order valence-electron chi connectivity index (χ3n) is 4.36. The Morgan fingerprint density at radius 2 is 1.68 bits per heavy atom. The summed E-state index contributed by atoms with van der Waals surface area (Å²) in [5.41, 5.74) is 4.33. The molecule has 0 bridgehead atoms. The lowest BCUT2D eigenvalue weighted by molar-refractivity contribution is -0.120. The van der Waals surface area contributed by atoms with Crippen LogP contribution in [0, 0.1) is 13.8 Å². The number of amides is 2. The first-order valence-corrected chi connectivity index (χ1v) is 9.26. The van der Waals surface area contributed by atoms with E-state index in [1.807, 2.05) is 83.3 Å². The second-order valence-corrected chi connectivity index (χ2v) is 7.59. The van der Waals surface area contributed by atoms with Gasteiger partial charge in [-0.2, -0.15) is 0 Å². The van der Waals surface area contributed by atoms with Gasteiger partial charge >= 0.3 is 0 Å². The monoisotopic (exact) mass is 382 g/mol. The molecule has 2 aromatic rings. The lowest BCUT2D eigenvalue weighted by atomic mass is 10.0. The molecule has 2 aromatic carbocycles. The van der Waals surface area contributed by atoms with Crippen LogP contribution in [-0.4, -0.2) is 56.3 Å². The van der Waals surface area contributed by atoms with E-state index in [0.717, 1.165) is 16.7 Å². The number of hydrogen-bond acceptors (Lipinski definition) is 4. The smallest absolute Gasteiger partial charge is 0.246 e. The molecular weight excluding hydrogens is 352 g/mol. The molecule has 0 heterocycles. The molecule has 0 aliphatic carbocycles. The largest absolute Gasteiger partial charge is 0.325 e. The molecule has 0 aromatic heterocycles. The quantitative estimate of drug-likeness (QED) is 0.773. The highest BCUT2D eigenvalue weighted by Gasteiger charge is 2.23. The first kappa shape index (κ1) is 21.6. The predicted molar refractivity (Wildman–Crippen MR) is 115 cm³/mol. The van der Waals surface area contributed by atoms with E-state index in [1.54, 1.807) is 11.0 Å². The number of carbonyl (C=O) groups excluding carboxylic acids is 2. The van der Waals surface area contributed by atoms with E-state index >= 15 is 0 Å². The van der Waals surface area contributed by atoms with Crippen molar-refractivity contribution in [2.75, 3.05) is 45.4 Å². The summed E-state index contributed by atoms with van der Waals surface area (Å²) in [7, 11) is 7.45. The highest BCUT2D eigenvalue weighted by atomic mass is 16.2. The lowest BCUT2D eigenvalue weighted by Gasteiger charge is -2.24. The van der Waals surface area contributed by atoms with Crippen molar-refractivity contribution >= 4 is 23.2 Å². The Labute approximate surface area is 167 Å². The molecule has 0 spiro atoms. The summed E-state index contributed by atoms with van der Waals surface area (Å²) in [5, 5.41) is 5.88. The number of rotatable bonds is 7. The first-order chi connectivity index (χ1) is 13.2. The van der Waals surface area contributed by atoms with Crippen molar-refractivity contribution in [2.45, 2.75) is 19.9 Å². The van der Waals surface area contributed by atoms with Gasteiger partial charge in [0.15, 0.2) is 0 Å². The fourth-order valence-electron chi connectivity index (χ4n) is 3.05. The van der Waals surface area contributed by atoms with Crippen LogP contribution in [0.15, 0.2) is 42.5 Å². The summed E-state index contributed by atoms with van der Waals surface area (Å²) in [6, 6.07) is 13.1. The molecule has 150 valence electrons.